The largest absolute Gasteiger partial charge is 0.341 e. The molecule has 1 saturated carbocycles. The van der Waals surface area contributed by atoms with E-state index >= 15 is 0 Å². The number of fused-ring (bicyclic) bond motifs is 1. The van der Waals surface area contributed by atoms with E-state index in [1.165, 1.54) is 12.8 Å². The average Bonchev–Trinajstić information content (AvgIpc) is 3.00. The number of hydrogen-bond acceptors (Lipinski definition) is 3. The number of pyridine rings is 1. The Morgan fingerprint density at radius 3 is 3.12 bits per heavy atom. The van der Waals surface area contributed by atoms with Crippen LogP contribution >= 0.6 is 15.9 Å². The fourth-order valence-corrected chi connectivity index (χ4v) is 2.27. The minimum atomic E-state index is 0.240. The van der Waals surface area contributed by atoms with Crippen LogP contribution in [-0.4, -0.2) is 21.0 Å². The molecule has 0 spiro atoms. The van der Waals surface area contributed by atoms with Crippen molar-refractivity contribution in [2.75, 3.05) is 0 Å². The van der Waals surface area contributed by atoms with Crippen molar-refractivity contribution in [2.45, 2.75) is 25.3 Å². The van der Waals surface area contributed by atoms with Gasteiger partial charge in [-0.2, -0.15) is 0 Å². The Morgan fingerprint density at radius 2 is 2.38 bits per heavy atom. The Labute approximate surface area is 102 Å². The highest BCUT2D eigenvalue weighted by atomic mass is 79.9. The molecule has 0 aliphatic heterocycles. The van der Waals surface area contributed by atoms with Crippen molar-refractivity contribution in [1.82, 2.24) is 15.0 Å². The lowest BCUT2D eigenvalue weighted by Gasteiger charge is -2.06. The molecule has 1 fully saturated rings. The molecule has 4 nitrogen and oxygen atoms in total. The Hall–Kier alpha value is -0.940. The van der Waals surface area contributed by atoms with Crippen LogP contribution < -0.4 is 5.73 Å². The molecule has 84 valence electrons. The van der Waals surface area contributed by atoms with Crippen LogP contribution in [0, 0.1) is 5.92 Å². The van der Waals surface area contributed by atoms with E-state index in [-0.39, 0.29) is 6.04 Å². The van der Waals surface area contributed by atoms with Crippen molar-refractivity contribution in [3.05, 3.63) is 22.6 Å². The van der Waals surface area contributed by atoms with Crippen LogP contribution in [0.15, 0.2) is 16.7 Å². The normalized spacial score (nSPS) is 17.9. The first-order valence-electron chi connectivity index (χ1n) is 5.48. The molecule has 2 aromatic heterocycles. The van der Waals surface area contributed by atoms with E-state index < -0.39 is 0 Å². The number of halogens is 1. The average molecular weight is 281 g/mol. The van der Waals surface area contributed by atoms with E-state index in [9.17, 15) is 0 Å². The number of aromatic nitrogens is 3. The number of aromatic amines is 1. The van der Waals surface area contributed by atoms with Crippen LogP contribution in [-0.2, 0) is 6.42 Å². The highest BCUT2D eigenvalue weighted by molar-refractivity contribution is 9.10. The maximum atomic E-state index is 6.07. The summed E-state index contributed by atoms with van der Waals surface area (Å²) in [6.07, 6.45) is 5.11. The number of nitrogens with one attached hydrogen (secondary N) is 1. The van der Waals surface area contributed by atoms with Gasteiger partial charge in [-0.3, -0.25) is 0 Å². The predicted molar refractivity (Wildman–Crippen MR) is 66.0 cm³/mol. The van der Waals surface area contributed by atoms with Crippen LogP contribution in [0.1, 0.15) is 18.7 Å². The molecule has 1 atom stereocenters. The second-order valence-electron chi connectivity index (χ2n) is 4.41. The van der Waals surface area contributed by atoms with Crippen molar-refractivity contribution in [3.63, 3.8) is 0 Å². The van der Waals surface area contributed by atoms with Gasteiger partial charge in [-0.25, -0.2) is 9.97 Å². The summed E-state index contributed by atoms with van der Waals surface area (Å²) in [7, 11) is 0. The Bertz CT molecular complexity index is 518. The van der Waals surface area contributed by atoms with Gasteiger partial charge in [0.25, 0.3) is 0 Å². The summed E-state index contributed by atoms with van der Waals surface area (Å²) in [6, 6.07) is 2.23. The molecule has 5 heteroatoms. The first kappa shape index (κ1) is 10.2. The van der Waals surface area contributed by atoms with Crippen molar-refractivity contribution >= 4 is 27.1 Å². The molecule has 1 aliphatic carbocycles. The van der Waals surface area contributed by atoms with Crippen molar-refractivity contribution in [3.8, 4) is 0 Å². The third-order valence-electron chi connectivity index (χ3n) is 3.01. The van der Waals surface area contributed by atoms with Gasteiger partial charge in [0, 0.05) is 23.1 Å². The summed E-state index contributed by atoms with van der Waals surface area (Å²) < 4.78 is 0.960. The molecule has 0 saturated heterocycles. The first-order valence-corrected chi connectivity index (χ1v) is 6.27. The number of nitrogens with zero attached hydrogens (tertiary/aromatic N) is 2. The van der Waals surface area contributed by atoms with Gasteiger partial charge >= 0.3 is 0 Å². The van der Waals surface area contributed by atoms with E-state index in [2.05, 4.69) is 30.9 Å². The molecule has 0 radical (unpaired) electrons. The van der Waals surface area contributed by atoms with E-state index in [4.69, 9.17) is 5.73 Å². The van der Waals surface area contributed by atoms with Crippen LogP contribution in [0.5, 0.6) is 0 Å². The third-order valence-corrected chi connectivity index (χ3v) is 3.44. The Kier molecular flexibility index (Phi) is 2.44. The topological polar surface area (TPSA) is 67.6 Å². The van der Waals surface area contributed by atoms with Gasteiger partial charge in [-0.1, -0.05) is 0 Å². The van der Waals surface area contributed by atoms with Crippen molar-refractivity contribution in [2.24, 2.45) is 11.7 Å². The molecular weight excluding hydrogens is 268 g/mol. The third kappa shape index (κ3) is 1.97. The van der Waals surface area contributed by atoms with Crippen molar-refractivity contribution in [1.29, 1.82) is 0 Å². The lowest BCUT2D eigenvalue weighted by molar-refractivity contribution is 0.579. The molecule has 0 aromatic carbocycles. The highest BCUT2D eigenvalue weighted by Crippen LogP contribution is 2.32. The van der Waals surface area contributed by atoms with Crippen LogP contribution in [0.2, 0.25) is 0 Å². The highest BCUT2D eigenvalue weighted by Gasteiger charge is 2.29. The van der Waals surface area contributed by atoms with Crippen LogP contribution in [0.25, 0.3) is 11.2 Å². The quantitative estimate of drug-likeness (QED) is 0.904. The standard InChI is InChI=1S/C11H13BrN4/c12-7-3-9-11(14-5-7)16-10(15-9)4-8(13)6-1-2-6/h3,5-6,8H,1-2,4,13H2,(H,14,15,16). The molecule has 2 heterocycles. The number of rotatable bonds is 3. The number of hydrogen-bond donors (Lipinski definition) is 2. The SMILES string of the molecule is NC(Cc1nc2ncc(Br)cc2[nH]1)C1CC1. The van der Waals surface area contributed by atoms with Crippen molar-refractivity contribution < 1.29 is 0 Å². The second kappa shape index (κ2) is 3.82. The van der Waals surface area contributed by atoms with Gasteiger partial charge in [0.1, 0.15) is 5.82 Å². The molecule has 3 rings (SSSR count). The first-order chi connectivity index (χ1) is 7.72. The smallest absolute Gasteiger partial charge is 0.177 e. The molecule has 0 amide bonds. The van der Waals surface area contributed by atoms with E-state index in [1.54, 1.807) is 6.20 Å². The maximum absolute atomic E-state index is 6.07. The summed E-state index contributed by atoms with van der Waals surface area (Å²) >= 11 is 3.39. The molecule has 1 unspecified atom stereocenters. The summed E-state index contributed by atoms with van der Waals surface area (Å²) in [5, 5.41) is 0. The summed E-state index contributed by atoms with van der Waals surface area (Å²) in [5.74, 6) is 1.65. The summed E-state index contributed by atoms with van der Waals surface area (Å²) in [4.78, 5) is 11.9. The Morgan fingerprint density at radius 1 is 1.56 bits per heavy atom. The monoisotopic (exact) mass is 280 g/mol. The van der Waals surface area contributed by atoms with Crippen LogP contribution in [0.3, 0.4) is 0 Å². The molecule has 16 heavy (non-hydrogen) atoms. The molecule has 3 N–H and O–H groups in total. The lowest BCUT2D eigenvalue weighted by atomic mass is 10.1. The number of H-pyrrole nitrogens is 1. The minimum absolute atomic E-state index is 0.240. The zero-order chi connectivity index (χ0) is 11.1. The van der Waals surface area contributed by atoms with Gasteiger partial charge < -0.3 is 10.7 Å². The summed E-state index contributed by atoms with van der Waals surface area (Å²) in [6.45, 7) is 0. The van der Waals surface area contributed by atoms with Gasteiger partial charge in [-0.15, -0.1) is 0 Å². The fourth-order valence-electron chi connectivity index (χ4n) is 1.94. The number of imidazole rings is 1. The van der Waals surface area contributed by atoms with Gasteiger partial charge in [0.05, 0.1) is 5.52 Å². The molecule has 1 aliphatic rings. The number of nitrogens with two attached hydrogens (primary N) is 1. The molecular formula is C11H13BrN4. The summed E-state index contributed by atoms with van der Waals surface area (Å²) in [5.41, 5.74) is 7.80. The zero-order valence-corrected chi connectivity index (χ0v) is 10.4. The van der Waals surface area contributed by atoms with E-state index in [0.29, 0.717) is 5.92 Å². The fraction of sp³-hybridized carbons (Fsp3) is 0.455. The minimum Gasteiger partial charge on any atom is -0.341 e. The van der Waals surface area contributed by atoms with Gasteiger partial charge in [0.2, 0.25) is 0 Å². The molecule has 0 bridgehead atoms. The maximum Gasteiger partial charge on any atom is 0.177 e. The lowest BCUT2D eigenvalue weighted by Crippen LogP contribution is -2.25. The predicted octanol–water partition coefficient (Wildman–Crippen LogP) is 2.00. The Balaban J connectivity index is 1.86. The van der Waals surface area contributed by atoms with E-state index in [0.717, 1.165) is 27.9 Å². The zero-order valence-electron chi connectivity index (χ0n) is 8.78. The van der Waals surface area contributed by atoms with Gasteiger partial charge in [-0.05, 0) is 40.8 Å². The van der Waals surface area contributed by atoms with E-state index in [1.807, 2.05) is 6.07 Å². The van der Waals surface area contributed by atoms with Crippen LogP contribution in [0.4, 0.5) is 0 Å². The molecule has 2 aromatic rings. The van der Waals surface area contributed by atoms with Gasteiger partial charge in [0.15, 0.2) is 5.65 Å². The second-order valence-corrected chi connectivity index (χ2v) is 5.33.